The van der Waals surface area contributed by atoms with Gasteiger partial charge in [-0.05, 0) is 20.3 Å². The van der Waals surface area contributed by atoms with Crippen LogP contribution in [0.4, 0.5) is 0 Å². The van der Waals surface area contributed by atoms with Crippen molar-refractivity contribution in [2.24, 2.45) is 5.92 Å². The molecule has 0 aliphatic carbocycles. The van der Waals surface area contributed by atoms with Gasteiger partial charge in [-0.2, -0.15) is 0 Å². The molecule has 0 N–H and O–H groups in total. The maximum atomic E-state index is 13.0. The van der Waals surface area contributed by atoms with Crippen LogP contribution in [-0.2, 0) is 32.1 Å². The van der Waals surface area contributed by atoms with Crippen molar-refractivity contribution in [3.8, 4) is 0 Å². The number of fused-ring (bicyclic) bond motifs is 1. The molecule has 0 saturated carbocycles. The molecule has 3 aliphatic heterocycles. The van der Waals surface area contributed by atoms with E-state index in [2.05, 4.69) is 4.98 Å². The largest absolute Gasteiger partial charge is 0.459 e. The van der Waals surface area contributed by atoms with Crippen LogP contribution < -0.4 is 0 Å². The van der Waals surface area contributed by atoms with E-state index in [0.717, 1.165) is 30.0 Å². The highest BCUT2D eigenvalue weighted by Crippen LogP contribution is 2.35. The summed E-state index contributed by atoms with van der Waals surface area (Å²) in [5.41, 5.74) is 1.17. The molecular weight excluding hydrogens is 360 g/mol. The van der Waals surface area contributed by atoms with Gasteiger partial charge < -0.3 is 14.5 Å². The first kappa shape index (κ1) is 18.8. The molecule has 28 heavy (non-hydrogen) atoms. The standard InChI is InChI=1S/C20H26N4O4/c1-12(25)23-6-4-13(10-23)18-21-9-14-11-24(7-5-16(14)22-18)19(27)15-8-17(26)28-20(15,2)3/h9,13,15H,4-8,10-11H2,1-3H3. The third-order valence-electron chi connectivity index (χ3n) is 6.15. The SMILES string of the molecule is CC(=O)N1CCC(c2ncc3c(n2)CCN(C(=O)C2CC(=O)OC2(C)C)C3)C1. The smallest absolute Gasteiger partial charge is 0.307 e. The zero-order valence-electron chi connectivity index (χ0n) is 16.6. The number of carbonyl (C=O) groups excluding carboxylic acids is 3. The zero-order valence-corrected chi connectivity index (χ0v) is 16.6. The van der Waals surface area contributed by atoms with Crippen molar-refractivity contribution < 1.29 is 19.1 Å². The van der Waals surface area contributed by atoms with Crippen LogP contribution in [0.3, 0.4) is 0 Å². The van der Waals surface area contributed by atoms with E-state index in [1.807, 2.05) is 11.1 Å². The van der Waals surface area contributed by atoms with Crippen molar-refractivity contribution in [1.29, 1.82) is 0 Å². The van der Waals surface area contributed by atoms with E-state index in [4.69, 9.17) is 9.72 Å². The number of esters is 1. The predicted octanol–water partition coefficient (Wildman–Crippen LogP) is 1.04. The number of aromatic nitrogens is 2. The number of likely N-dealkylation sites (tertiary alicyclic amines) is 1. The van der Waals surface area contributed by atoms with Crippen molar-refractivity contribution >= 4 is 17.8 Å². The molecule has 4 heterocycles. The Kier molecular flexibility index (Phi) is 4.59. The summed E-state index contributed by atoms with van der Waals surface area (Å²) in [5.74, 6) is 0.252. The van der Waals surface area contributed by atoms with Gasteiger partial charge in [-0.25, -0.2) is 9.97 Å². The molecule has 0 radical (unpaired) electrons. The minimum atomic E-state index is -0.764. The van der Waals surface area contributed by atoms with E-state index < -0.39 is 11.5 Å². The number of ether oxygens (including phenoxy) is 1. The van der Waals surface area contributed by atoms with Gasteiger partial charge in [0.1, 0.15) is 11.4 Å². The first-order chi connectivity index (χ1) is 13.2. The van der Waals surface area contributed by atoms with Crippen LogP contribution in [0.15, 0.2) is 6.20 Å². The van der Waals surface area contributed by atoms with Crippen LogP contribution in [-0.4, -0.2) is 62.8 Å². The number of nitrogens with zero attached hydrogens (tertiary/aromatic N) is 4. The molecule has 2 unspecified atom stereocenters. The van der Waals surface area contributed by atoms with Crippen LogP contribution in [0.25, 0.3) is 0 Å². The number of rotatable bonds is 2. The van der Waals surface area contributed by atoms with Crippen molar-refractivity contribution in [2.75, 3.05) is 19.6 Å². The number of cyclic esters (lactones) is 1. The molecule has 2 amide bonds. The second-order valence-corrected chi connectivity index (χ2v) is 8.49. The van der Waals surface area contributed by atoms with Gasteiger partial charge >= 0.3 is 5.97 Å². The van der Waals surface area contributed by atoms with Crippen molar-refractivity contribution in [1.82, 2.24) is 19.8 Å². The van der Waals surface area contributed by atoms with Crippen LogP contribution in [0, 0.1) is 5.92 Å². The molecule has 1 aromatic rings. The Labute approximate surface area is 164 Å². The average Bonchev–Trinajstić information content (AvgIpc) is 3.24. The van der Waals surface area contributed by atoms with Gasteiger partial charge in [0.15, 0.2) is 0 Å². The topological polar surface area (TPSA) is 92.7 Å². The van der Waals surface area contributed by atoms with Crippen LogP contribution >= 0.6 is 0 Å². The number of carbonyl (C=O) groups is 3. The third-order valence-corrected chi connectivity index (χ3v) is 6.15. The Morgan fingerprint density at radius 2 is 2.04 bits per heavy atom. The summed E-state index contributed by atoms with van der Waals surface area (Å²) in [6.07, 6.45) is 3.50. The summed E-state index contributed by atoms with van der Waals surface area (Å²) >= 11 is 0. The highest BCUT2D eigenvalue weighted by molar-refractivity contribution is 5.87. The van der Waals surface area contributed by atoms with Crippen LogP contribution in [0.5, 0.6) is 0 Å². The lowest BCUT2D eigenvalue weighted by Crippen LogP contribution is -2.45. The normalized spacial score (nSPS) is 26.2. The maximum Gasteiger partial charge on any atom is 0.307 e. The molecule has 4 rings (SSSR count). The van der Waals surface area contributed by atoms with Crippen molar-refractivity contribution in [3.05, 3.63) is 23.3 Å². The lowest BCUT2D eigenvalue weighted by molar-refractivity contribution is -0.149. The van der Waals surface area contributed by atoms with Gasteiger partial charge in [0, 0.05) is 57.2 Å². The Hall–Kier alpha value is -2.51. The Morgan fingerprint density at radius 1 is 1.25 bits per heavy atom. The molecule has 1 aromatic heterocycles. The van der Waals surface area contributed by atoms with E-state index >= 15 is 0 Å². The first-order valence-electron chi connectivity index (χ1n) is 9.85. The Balaban J connectivity index is 1.46. The summed E-state index contributed by atoms with van der Waals surface area (Å²) in [5, 5.41) is 0. The predicted molar refractivity (Wildman–Crippen MR) is 99.0 cm³/mol. The quantitative estimate of drug-likeness (QED) is 0.705. The number of hydrogen-bond acceptors (Lipinski definition) is 6. The van der Waals surface area contributed by atoms with E-state index in [9.17, 15) is 14.4 Å². The minimum absolute atomic E-state index is 0.0431. The zero-order chi connectivity index (χ0) is 20.1. The fourth-order valence-electron chi connectivity index (χ4n) is 4.40. The van der Waals surface area contributed by atoms with Gasteiger partial charge in [0.25, 0.3) is 0 Å². The van der Waals surface area contributed by atoms with Crippen molar-refractivity contribution in [3.63, 3.8) is 0 Å². The highest BCUT2D eigenvalue weighted by Gasteiger charge is 2.47. The van der Waals surface area contributed by atoms with Gasteiger partial charge in [0.2, 0.25) is 11.8 Å². The Bertz CT molecular complexity index is 837. The first-order valence-corrected chi connectivity index (χ1v) is 9.85. The Morgan fingerprint density at radius 3 is 2.68 bits per heavy atom. The second-order valence-electron chi connectivity index (χ2n) is 8.49. The van der Waals surface area contributed by atoms with Gasteiger partial charge in [0.05, 0.1) is 18.0 Å². The monoisotopic (exact) mass is 386 g/mol. The van der Waals surface area contributed by atoms with Crippen LogP contribution in [0.2, 0.25) is 0 Å². The minimum Gasteiger partial charge on any atom is -0.459 e. The molecule has 2 atom stereocenters. The summed E-state index contributed by atoms with van der Waals surface area (Å²) in [4.78, 5) is 49.1. The number of amides is 2. The van der Waals surface area contributed by atoms with Crippen LogP contribution in [0.1, 0.15) is 56.6 Å². The molecular formula is C20H26N4O4. The highest BCUT2D eigenvalue weighted by atomic mass is 16.6. The summed E-state index contributed by atoms with van der Waals surface area (Å²) in [6.45, 7) is 7.63. The van der Waals surface area contributed by atoms with Gasteiger partial charge in [-0.3, -0.25) is 14.4 Å². The molecule has 2 saturated heterocycles. The van der Waals surface area contributed by atoms with E-state index in [1.54, 1.807) is 25.7 Å². The molecule has 2 fully saturated rings. The molecule has 150 valence electrons. The van der Waals surface area contributed by atoms with E-state index in [-0.39, 0.29) is 30.1 Å². The third kappa shape index (κ3) is 3.36. The molecule has 0 bridgehead atoms. The lowest BCUT2D eigenvalue weighted by Gasteiger charge is -2.33. The summed E-state index contributed by atoms with van der Waals surface area (Å²) in [7, 11) is 0. The molecule has 8 heteroatoms. The molecule has 0 aromatic carbocycles. The van der Waals surface area contributed by atoms with Gasteiger partial charge in [-0.15, -0.1) is 0 Å². The fourth-order valence-corrected chi connectivity index (χ4v) is 4.40. The fraction of sp³-hybridized carbons (Fsp3) is 0.650. The number of hydrogen-bond donors (Lipinski definition) is 0. The maximum absolute atomic E-state index is 13.0. The molecule has 0 spiro atoms. The summed E-state index contributed by atoms with van der Waals surface area (Å²) < 4.78 is 5.30. The average molecular weight is 386 g/mol. The van der Waals surface area contributed by atoms with Gasteiger partial charge in [-0.1, -0.05) is 0 Å². The second kappa shape index (κ2) is 6.83. The van der Waals surface area contributed by atoms with E-state index in [1.165, 1.54) is 0 Å². The summed E-state index contributed by atoms with van der Waals surface area (Å²) in [6, 6.07) is 0. The van der Waals surface area contributed by atoms with Crippen molar-refractivity contribution in [2.45, 2.75) is 58.1 Å². The molecule has 8 nitrogen and oxygen atoms in total. The lowest BCUT2D eigenvalue weighted by atomic mass is 9.89. The van der Waals surface area contributed by atoms with E-state index in [0.29, 0.717) is 26.1 Å². The molecule has 3 aliphatic rings.